The van der Waals surface area contributed by atoms with Crippen molar-refractivity contribution in [1.29, 1.82) is 5.26 Å². The van der Waals surface area contributed by atoms with Crippen LogP contribution in [0.3, 0.4) is 0 Å². The Morgan fingerprint density at radius 2 is 1.92 bits per heavy atom. The summed E-state index contributed by atoms with van der Waals surface area (Å²) in [6.45, 7) is 0.934. The number of pyridine rings is 1. The first-order valence-electron chi connectivity index (χ1n) is 7.93. The lowest BCUT2D eigenvalue weighted by molar-refractivity contribution is 0.171. The van der Waals surface area contributed by atoms with Gasteiger partial charge in [-0.2, -0.15) is 5.26 Å². The van der Waals surface area contributed by atoms with E-state index in [9.17, 15) is 5.26 Å². The first-order chi connectivity index (χ1) is 12.7. The summed E-state index contributed by atoms with van der Waals surface area (Å²) in [7, 11) is 1.55. The number of aromatic nitrogens is 1. The minimum atomic E-state index is 0.119. The Morgan fingerprint density at radius 3 is 2.58 bits per heavy atom. The van der Waals surface area contributed by atoms with Gasteiger partial charge in [0, 0.05) is 17.2 Å². The molecule has 7 nitrogen and oxygen atoms in total. The van der Waals surface area contributed by atoms with Crippen LogP contribution in [-0.4, -0.2) is 25.3 Å². The van der Waals surface area contributed by atoms with E-state index >= 15 is 0 Å². The number of furan rings is 1. The fourth-order valence-corrected chi connectivity index (χ4v) is 2.89. The summed E-state index contributed by atoms with van der Waals surface area (Å²) < 4.78 is 22.2. The number of nitrogen functional groups attached to an aromatic ring is 1. The third kappa shape index (κ3) is 2.58. The molecule has 0 unspecified atom stereocenters. The van der Waals surface area contributed by atoms with E-state index in [1.165, 1.54) is 0 Å². The molecule has 0 amide bonds. The molecular weight excluding hydrogens is 334 g/mol. The van der Waals surface area contributed by atoms with Gasteiger partial charge in [0.15, 0.2) is 17.3 Å². The molecule has 1 aliphatic heterocycles. The highest BCUT2D eigenvalue weighted by Crippen LogP contribution is 2.43. The SMILES string of the molecule is COc1cc2c(cc1-c1cc(-c3ccco3)nc(N)c1C#N)OCCO2. The molecule has 0 saturated carbocycles. The number of methoxy groups -OCH3 is 1. The fraction of sp³-hybridized carbons (Fsp3) is 0.158. The number of nitrogens with two attached hydrogens (primary N) is 1. The summed E-state index contributed by atoms with van der Waals surface area (Å²) in [6.07, 6.45) is 1.55. The van der Waals surface area contributed by atoms with Crippen LogP contribution >= 0.6 is 0 Å². The average Bonchev–Trinajstić information content (AvgIpc) is 3.21. The molecule has 0 radical (unpaired) electrons. The van der Waals surface area contributed by atoms with E-state index in [4.69, 9.17) is 24.4 Å². The third-order valence-electron chi connectivity index (χ3n) is 4.09. The first kappa shape index (κ1) is 15.8. The molecule has 3 aromatic rings. The number of fused-ring (bicyclic) bond motifs is 1. The van der Waals surface area contributed by atoms with Crippen molar-refractivity contribution >= 4 is 5.82 Å². The Hall–Kier alpha value is -3.66. The molecule has 0 bridgehead atoms. The van der Waals surface area contributed by atoms with Crippen molar-refractivity contribution in [2.75, 3.05) is 26.1 Å². The molecule has 0 fully saturated rings. The Kier molecular flexibility index (Phi) is 3.86. The highest BCUT2D eigenvalue weighted by molar-refractivity contribution is 5.84. The number of hydrogen-bond donors (Lipinski definition) is 1. The van der Waals surface area contributed by atoms with Crippen LogP contribution < -0.4 is 19.9 Å². The molecule has 2 aromatic heterocycles. The van der Waals surface area contributed by atoms with Gasteiger partial charge < -0.3 is 24.4 Å². The normalized spacial score (nSPS) is 12.5. The number of benzene rings is 1. The van der Waals surface area contributed by atoms with Crippen LogP contribution in [0.4, 0.5) is 5.82 Å². The number of nitriles is 1. The quantitative estimate of drug-likeness (QED) is 0.774. The van der Waals surface area contributed by atoms with Crippen molar-refractivity contribution in [2.24, 2.45) is 0 Å². The number of ether oxygens (including phenoxy) is 3. The van der Waals surface area contributed by atoms with Crippen molar-refractivity contribution in [1.82, 2.24) is 4.98 Å². The molecule has 4 rings (SSSR count). The van der Waals surface area contributed by atoms with Crippen molar-refractivity contribution in [3.05, 3.63) is 42.2 Å². The fourth-order valence-electron chi connectivity index (χ4n) is 2.89. The molecule has 7 heteroatoms. The Morgan fingerprint density at radius 1 is 1.15 bits per heavy atom. The summed E-state index contributed by atoms with van der Waals surface area (Å²) in [4.78, 5) is 4.28. The van der Waals surface area contributed by atoms with Gasteiger partial charge in [0.1, 0.15) is 42.1 Å². The van der Waals surface area contributed by atoms with Crippen LogP contribution in [0.15, 0.2) is 41.0 Å². The van der Waals surface area contributed by atoms with E-state index in [1.54, 1.807) is 43.7 Å². The monoisotopic (exact) mass is 349 g/mol. The second-order valence-electron chi connectivity index (χ2n) is 5.60. The lowest BCUT2D eigenvalue weighted by Crippen LogP contribution is -2.15. The van der Waals surface area contributed by atoms with Gasteiger partial charge >= 0.3 is 0 Å². The van der Waals surface area contributed by atoms with Crippen molar-refractivity contribution in [2.45, 2.75) is 0 Å². The Balaban J connectivity index is 1.96. The highest BCUT2D eigenvalue weighted by Gasteiger charge is 2.22. The smallest absolute Gasteiger partial charge is 0.165 e. The van der Waals surface area contributed by atoms with Gasteiger partial charge in [0.25, 0.3) is 0 Å². The van der Waals surface area contributed by atoms with Gasteiger partial charge in [-0.3, -0.25) is 0 Å². The van der Waals surface area contributed by atoms with Gasteiger partial charge in [-0.05, 0) is 24.3 Å². The zero-order valence-electron chi connectivity index (χ0n) is 14.0. The van der Waals surface area contributed by atoms with E-state index in [2.05, 4.69) is 11.1 Å². The predicted molar refractivity (Wildman–Crippen MR) is 94.0 cm³/mol. The predicted octanol–water partition coefficient (Wildman–Crippen LogP) is 3.24. The van der Waals surface area contributed by atoms with E-state index in [0.717, 1.165) is 0 Å². The van der Waals surface area contributed by atoms with Crippen LogP contribution in [0.1, 0.15) is 5.56 Å². The van der Waals surface area contributed by atoms with Crippen molar-refractivity contribution in [3.63, 3.8) is 0 Å². The highest BCUT2D eigenvalue weighted by atomic mass is 16.6. The number of anilines is 1. The molecule has 26 heavy (non-hydrogen) atoms. The minimum Gasteiger partial charge on any atom is -0.496 e. The van der Waals surface area contributed by atoms with E-state index in [1.807, 2.05) is 0 Å². The van der Waals surface area contributed by atoms with E-state index in [-0.39, 0.29) is 11.4 Å². The second-order valence-corrected chi connectivity index (χ2v) is 5.60. The number of rotatable bonds is 3. The molecule has 0 atom stereocenters. The molecule has 130 valence electrons. The van der Waals surface area contributed by atoms with Crippen LogP contribution in [0, 0.1) is 11.3 Å². The molecule has 0 aliphatic carbocycles. The number of hydrogen-bond acceptors (Lipinski definition) is 7. The Labute approximate surface area is 149 Å². The zero-order chi connectivity index (χ0) is 18.1. The van der Waals surface area contributed by atoms with Gasteiger partial charge in [-0.15, -0.1) is 0 Å². The summed E-state index contributed by atoms with van der Waals surface area (Å²) in [6, 6.07) is 10.9. The van der Waals surface area contributed by atoms with Crippen LogP contribution in [0.25, 0.3) is 22.6 Å². The van der Waals surface area contributed by atoms with Crippen LogP contribution in [-0.2, 0) is 0 Å². The molecule has 0 saturated heterocycles. The summed E-state index contributed by atoms with van der Waals surface area (Å²) in [5.74, 6) is 2.41. The van der Waals surface area contributed by atoms with Gasteiger partial charge in [-0.1, -0.05) is 0 Å². The average molecular weight is 349 g/mol. The van der Waals surface area contributed by atoms with Gasteiger partial charge in [-0.25, -0.2) is 4.98 Å². The lowest BCUT2D eigenvalue weighted by Gasteiger charge is -2.21. The van der Waals surface area contributed by atoms with Crippen LogP contribution in [0.2, 0.25) is 0 Å². The lowest BCUT2D eigenvalue weighted by atomic mass is 9.98. The minimum absolute atomic E-state index is 0.119. The first-order valence-corrected chi connectivity index (χ1v) is 7.93. The second kappa shape index (κ2) is 6.33. The summed E-state index contributed by atoms with van der Waals surface area (Å²) in [5, 5.41) is 9.59. The third-order valence-corrected chi connectivity index (χ3v) is 4.09. The maximum atomic E-state index is 9.59. The molecule has 3 heterocycles. The molecule has 2 N–H and O–H groups in total. The Bertz CT molecular complexity index is 1010. The van der Waals surface area contributed by atoms with Gasteiger partial charge in [0.05, 0.1) is 13.4 Å². The van der Waals surface area contributed by atoms with Crippen LogP contribution in [0.5, 0.6) is 17.2 Å². The van der Waals surface area contributed by atoms with Crippen molar-refractivity contribution in [3.8, 4) is 45.9 Å². The van der Waals surface area contributed by atoms with E-state index < -0.39 is 0 Å². The van der Waals surface area contributed by atoms with Gasteiger partial charge in [0.2, 0.25) is 0 Å². The zero-order valence-corrected chi connectivity index (χ0v) is 14.0. The summed E-state index contributed by atoms with van der Waals surface area (Å²) >= 11 is 0. The molecular formula is C19H15N3O4. The standard InChI is InChI=1S/C19H15N3O4/c1-23-16-9-18-17(25-5-6-26-18)8-12(16)11-7-14(15-3-2-4-24-15)22-19(21)13(11)10-20/h2-4,7-9H,5-6H2,1H3,(H2,21,22). The molecule has 1 aromatic carbocycles. The maximum Gasteiger partial charge on any atom is 0.165 e. The summed E-state index contributed by atoms with van der Waals surface area (Å²) in [5.41, 5.74) is 8.07. The number of nitrogens with zero attached hydrogens (tertiary/aromatic N) is 2. The van der Waals surface area contributed by atoms with E-state index in [0.29, 0.717) is 53.0 Å². The molecule has 1 aliphatic rings. The maximum absolute atomic E-state index is 9.59. The van der Waals surface area contributed by atoms with Crippen molar-refractivity contribution < 1.29 is 18.6 Å². The molecule has 0 spiro atoms. The largest absolute Gasteiger partial charge is 0.496 e. The topological polar surface area (TPSA) is 104 Å².